The fourth-order valence-corrected chi connectivity index (χ4v) is 2.03. The van der Waals surface area contributed by atoms with Crippen molar-refractivity contribution in [3.05, 3.63) is 24.3 Å². The predicted octanol–water partition coefficient (Wildman–Crippen LogP) is 3.55. The number of rotatable bonds is 7. The van der Waals surface area contributed by atoms with Gasteiger partial charge in [-0.15, -0.1) is 11.8 Å². The summed E-state index contributed by atoms with van der Waals surface area (Å²) in [6, 6.07) is 7.32. The molecule has 1 rings (SSSR count). The van der Waals surface area contributed by atoms with E-state index in [0.717, 1.165) is 30.3 Å². The van der Waals surface area contributed by atoms with Gasteiger partial charge in [-0.25, -0.2) is 0 Å². The van der Waals surface area contributed by atoms with E-state index in [4.69, 9.17) is 4.74 Å². The molecule has 0 aliphatic carbocycles. The molecule has 0 saturated heterocycles. The maximum Gasteiger partial charge on any atom is 0.116 e. The van der Waals surface area contributed by atoms with Gasteiger partial charge >= 0.3 is 0 Å². The van der Waals surface area contributed by atoms with Gasteiger partial charge in [-0.05, 0) is 30.5 Å². The molecule has 0 aromatic heterocycles. The fourth-order valence-electron chi connectivity index (χ4n) is 1.21. The Bertz CT molecular complexity index is 300. The van der Waals surface area contributed by atoms with Gasteiger partial charge in [0.25, 0.3) is 0 Å². The lowest BCUT2D eigenvalue weighted by atomic mass is 10.1. The van der Waals surface area contributed by atoms with Gasteiger partial charge in [-0.3, -0.25) is 0 Å². The summed E-state index contributed by atoms with van der Waals surface area (Å²) < 4.78 is 5.51. The molecule has 0 unspecified atom stereocenters. The van der Waals surface area contributed by atoms with Crippen molar-refractivity contribution in [2.45, 2.75) is 25.2 Å². The number of hydrogen-bond acceptors (Lipinski definition) is 3. The van der Waals surface area contributed by atoms with Crippen LogP contribution in [-0.4, -0.2) is 24.1 Å². The second kappa shape index (κ2) is 7.58. The highest BCUT2D eigenvalue weighted by Crippen LogP contribution is 2.21. The molecule has 0 aliphatic heterocycles. The molecular weight excluding hydrogens is 220 g/mol. The molecule has 0 atom stereocenters. The van der Waals surface area contributed by atoms with Crippen molar-refractivity contribution in [2.75, 3.05) is 19.0 Å². The van der Waals surface area contributed by atoms with E-state index in [1.54, 1.807) is 23.9 Å². The summed E-state index contributed by atoms with van der Waals surface area (Å²) in [6.07, 6.45) is 1.12. The largest absolute Gasteiger partial charge is 0.508 e. The summed E-state index contributed by atoms with van der Waals surface area (Å²) in [6.45, 7) is 6.01. The molecule has 0 aliphatic rings. The van der Waals surface area contributed by atoms with Crippen molar-refractivity contribution in [1.29, 1.82) is 0 Å². The van der Waals surface area contributed by atoms with E-state index in [0.29, 0.717) is 11.7 Å². The number of phenols is 1. The number of benzene rings is 1. The lowest BCUT2D eigenvalue weighted by Gasteiger charge is -2.06. The van der Waals surface area contributed by atoms with Gasteiger partial charge in [0, 0.05) is 17.3 Å². The predicted molar refractivity (Wildman–Crippen MR) is 69.1 cm³/mol. The molecule has 90 valence electrons. The Hall–Kier alpha value is -0.670. The number of thioether (sulfide) groups is 1. The summed E-state index contributed by atoms with van der Waals surface area (Å²) in [7, 11) is 0. The van der Waals surface area contributed by atoms with Gasteiger partial charge < -0.3 is 9.84 Å². The van der Waals surface area contributed by atoms with Crippen molar-refractivity contribution in [2.24, 2.45) is 5.92 Å². The minimum absolute atomic E-state index is 0.325. The van der Waals surface area contributed by atoms with Crippen LogP contribution in [0.3, 0.4) is 0 Å². The molecule has 2 nitrogen and oxygen atoms in total. The summed E-state index contributed by atoms with van der Waals surface area (Å²) in [5, 5.41) is 9.27. The smallest absolute Gasteiger partial charge is 0.116 e. The minimum Gasteiger partial charge on any atom is -0.508 e. The maximum atomic E-state index is 9.27. The molecule has 16 heavy (non-hydrogen) atoms. The van der Waals surface area contributed by atoms with Crippen molar-refractivity contribution in [3.8, 4) is 5.75 Å². The zero-order valence-electron chi connectivity index (χ0n) is 9.98. The molecule has 1 aromatic carbocycles. The molecule has 0 saturated carbocycles. The van der Waals surface area contributed by atoms with Gasteiger partial charge in [-0.1, -0.05) is 19.9 Å². The van der Waals surface area contributed by atoms with Crippen LogP contribution in [0.25, 0.3) is 0 Å². The maximum absolute atomic E-state index is 9.27. The molecular formula is C13H20O2S. The van der Waals surface area contributed by atoms with Gasteiger partial charge in [0.15, 0.2) is 0 Å². The molecule has 0 fully saturated rings. The van der Waals surface area contributed by atoms with Crippen molar-refractivity contribution in [1.82, 2.24) is 0 Å². The van der Waals surface area contributed by atoms with E-state index in [-0.39, 0.29) is 0 Å². The Labute approximate surface area is 102 Å². The molecule has 0 radical (unpaired) electrons. The Morgan fingerprint density at radius 1 is 1.31 bits per heavy atom. The average Bonchev–Trinajstić information content (AvgIpc) is 2.23. The first kappa shape index (κ1) is 13.4. The van der Waals surface area contributed by atoms with E-state index >= 15 is 0 Å². The van der Waals surface area contributed by atoms with Crippen molar-refractivity contribution < 1.29 is 9.84 Å². The first-order valence-electron chi connectivity index (χ1n) is 5.68. The van der Waals surface area contributed by atoms with Crippen LogP contribution < -0.4 is 0 Å². The molecule has 0 spiro atoms. The van der Waals surface area contributed by atoms with Crippen LogP contribution in [0.4, 0.5) is 0 Å². The second-order valence-electron chi connectivity index (χ2n) is 4.14. The highest BCUT2D eigenvalue weighted by molar-refractivity contribution is 7.99. The van der Waals surface area contributed by atoms with Gasteiger partial charge in [-0.2, -0.15) is 0 Å². The van der Waals surface area contributed by atoms with Gasteiger partial charge in [0.05, 0.1) is 6.61 Å². The highest BCUT2D eigenvalue weighted by Gasteiger charge is 1.97. The number of aromatic hydroxyl groups is 1. The van der Waals surface area contributed by atoms with E-state index in [1.807, 2.05) is 12.1 Å². The topological polar surface area (TPSA) is 29.5 Å². The summed E-state index contributed by atoms with van der Waals surface area (Å²) in [5.74, 6) is 1.96. The Balaban J connectivity index is 2.07. The minimum atomic E-state index is 0.325. The van der Waals surface area contributed by atoms with E-state index in [9.17, 15) is 5.11 Å². The summed E-state index contributed by atoms with van der Waals surface area (Å²) in [4.78, 5) is 1.09. The number of hydrogen-bond donors (Lipinski definition) is 1. The Morgan fingerprint density at radius 3 is 2.81 bits per heavy atom. The highest BCUT2D eigenvalue weighted by atomic mass is 32.2. The molecule has 1 aromatic rings. The number of ether oxygens (including phenoxy) is 1. The Morgan fingerprint density at radius 2 is 2.12 bits per heavy atom. The van der Waals surface area contributed by atoms with Crippen molar-refractivity contribution in [3.63, 3.8) is 0 Å². The van der Waals surface area contributed by atoms with Crippen LogP contribution in [0.15, 0.2) is 29.2 Å². The zero-order valence-corrected chi connectivity index (χ0v) is 10.8. The molecule has 0 heterocycles. The van der Waals surface area contributed by atoms with Gasteiger partial charge in [0.1, 0.15) is 5.75 Å². The summed E-state index contributed by atoms with van der Waals surface area (Å²) in [5.41, 5.74) is 0. The van der Waals surface area contributed by atoms with Crippen LogP contribution in [0, 0.1) is 5.92 Å². The average molecular weight is 240 g/mol. The van der Waals surface area contributed by atoms with Crippen LogP contribution in [0.1, 0.15) is 20.3 Å². The fraction of sp³-hybridized carbons (Fsp3) is 0.538. The first-order valence-corrected chi connectivity index (χ1v) is 6.66. The zero-order chi connectivity index (χ0) is 11.8. The SMILES string of the molecule is CC(C)CCOCCSc1cccc(O)c1. The van der Waals surface area contributed by atoms with E-state index < -0.39 is 0 Å². The lowest BCUT2D eigenvalue weighted by molar-refractivity contribution is 0.138. The molecule has 1 N–H and O–H groups in total. The first-order chi connectivity index (χ1) is 7.68. The summed E-state index contributed by atoms with van der Waals surface area (Å²) >= 11 is 1.71. The van der Waals surface area contributed by atoms with Crippen LogP contribution in [0.2, 0.25) is 0 Å². The van der Waals surface area contributed by atoms with E-state index in [1.165, 1.54) is 0 Å². The normalized spacial score (nSPS) is 10.9. The molecule has 3 heteroatoms. The van der Waals surface area contributed by atoms with Crippen LogP contribution >= 0.6 is 11.8 Å². The Kier molecular flexibility index (Phi) is 6.34. The third-order valence-corrected chi connectivity index (χ3v) is 3.11. The van der Waals surface area contributed by atoms with Crippen LogP contribution in [0.5, 0.6) is 5.75 Å². The molecule has 0 amide bonds. The second-order valence-corrected chi connectivity index (χ2v) is 5.31. The van der Waals surface area contributed by atoms with E-state index in [2.05, 4.69) is 13.8 Å². The monoisotopic (exact) mass is 240 g/mol. The third-order valence-electron chi connectivity index (χ3n) is 2.15. The standard InChI is InChI=1S/C13H20O2S/c1-11(2)6-7-15-8-9-16-13-5-3-4-12(14)10-13/h3-5,10-11,14H,6-9H2,1-2H3. The quantitative estimate of drug-likeness (QED) is 0.584. The van der Waals surface area contributed by atoms with Crippen molar-refractivity contribution >= 4 is 11.8 Å². The molecule has 0 bridgehead atoms. The lowest BCUT2D eigenvalue weighted by Crippen LogP contribution is -2.02. The van der Waals surface area contributed by atoms with Gasteiger partial charge in [0.2, 0.25) is 0 Å². The van der Waals surface area contributed by atoms with Crippen LogP contribution in [-0.2, 0) is 4.74 Å². The number of phenolic OH excluding ortho intramolecular Hbond substituents is 1. The third kappa shape index (κ3) is 6.03.